The van der Waals surface area contributed by atoms with Gasteiger partial charge < -0.3 is 24.8 Å². The maximum Gasteiger partial charge on any atom is 0.422 e. The molecule has 30 heavy (non-hydrogen) atoms. The Hall–Kier alpha value is -3.17. The van der Waals surface area contributed by atoms with Crippen molar-refractivity contribution < 1.29 is 27.4 Å². The van der Waals surface area contributed by atoms with Gasteiger partial charge in [-0.25, -0.2) is 9.98 Å². The van der Waals surface area contributed by atoms with Crippen LogP contribution in [0.4, 0.5) is 13.2 Å². The van der Waals surface area contributed by atoms with Crippen LogP contribution in [0.5, 0.6) is 17.4 Å². The van der Waals surface area contributed by atoms with Crippen LogP contribution in [0, 0.1) is 0 Å². The van der Waals surface area contributed by atoms with Crippen LogP contribution in [0.3, 0.4) is 0 Å². The zero-order valence-electron chi connectivity index (χ0n) is 17.0. The molecule has 0 aliphatic heterocycles. The summed E-state index contributed by atoms with van der Waals surface area (Å²) in [6.45, 7) is 1.62. The molecule has 2 aromatic rings. The highest BCUT2D eigenvalue weighted by Gasteiger charge is 2.29. The maximum absolute atomic E-state index is 12.4. The molecule has 0 radical (unpaired) electrons. The molecule has 1 heterocycles. The van der Waals surface area contributed by atoms with Crippen LogP contribution >= 0.6 is 0 Å². The molecule has 2 N–H and O–H groups in total. The van der Waals surface area contributed by atoms with Crippen LogP contribution in [0.1, 0.15) is 18.1 Å². The molecule has 0 aliphatic carbocycles. The standard InChI is InChI=1S/C20H25F3N4O3/c1-4-24-19(26-11-14-7-8-16(28-2)10-17(14)29-3)27-12-15-6-5-9-25-18(15)30-13-20(21,22)23/h5-10H,4,11-13H2,1-3H3,(H2,24,26,27). The van der Waals surface area contributed by atoms with Gasteiger partial charge in [-0.05, 0) is 25.1 Å². The molecule has 2 rings (SSSR count). The van der Waals surface area contributed by atoms with Crippen LogP contribution in [0.2, 0.25) is 0 Å². The number of nitrogens with one attached hydrogen (secondary N) is 2. The average molecular weight is 426 g/mol. The van der Waals surface area contributed by atoms with E-state index in [-0.39, 0.29) is 12.4 Å². The van der Waals surface area contributed by atoms with Crippen molar-refractivity contribution in [2.75, 3.05) is 27.4 Å². The van der Waals surface area contributed by atoms with Gasteiger partial charge in [-0.3, -0.25) is 0 Å². The van der Waals surface area contributed by atoms with Crippen molar-refractivity contribution in [3.05, 3.63) is 47.7 Å². The second-order valence-electron chi connectivity index (χ2n) is 6.10. The SMILES string of the molecule is CCNC(=NCc1cccnc1OCC(F)(F)F)NCc1ccc(OC)cc1OC. The van der Waals surface area contributed by atoms with Gasteiger partial charge in [0.1, 0.15) is 11.5 Å². The summed E-state index contributed by atoms with van der Waals surface area (Å²) in [5.74, 6) is 1.74. The number of benzene rings is 1. The number of alkyl halides is 3. The van der Waals surface area contributed by atoms with Crippen molar-refractivity contribution in [2.24, 2.45) is 4.99 Å². The lowest BCUT2D eigenvalue weighted by molar-refractivity contribution is -0.154. The molecule has 10 heteroatoms. The van der Waals surface area contributed by atoms with Crippen molar-refractivity contribution in [1.29, 1.82) is 0 Å². The van der Waals surface area contributed by atoms with Crippen molar-refractivity contribution in [1.82, 2.24) is 15.6 Å². The Morgan fingerprint density at radius 3 is 2.57 bits per heavy atom. The molecular formula is C20H25F3N4O3. The maximum atomic E-state index is 12.4. The summed E-state index contributed by atoms with van der Waals surface area (Å²) >= 11 is 0. The molecule has 1 aromatic heterocycles. The van der Waals surface area contributed by atoms with Crippen molar-refractivity contribution >= 4 is 5.96 Å². The van der Waals surface area contributed by atoms with Gasteiger partial charge >= 0.3 is 6.18 Å². The first-order valence-corrected chi connectivity index (χ1v) is 9.22. The van der Waals surface area contributed by atoms with E-state index in [2.05, 4.69) is 20.6 Å². The first-order valence-electron chi connectivity index (χ1n) is 9.22. The normalized spacial score (nSPS) is 11.7. The minimum Gasteiger partial charge on any atom is -0.497 e. The summed E-state index contributed by atoms with van der Waals surface area (Å²) in [4.78, 5) is 8.30. The topological polar surface area (TPSA) is 77.0 Å². The van der Waals surface area contributed by atoms with Gasteiger partial charge in [0, 0.05) is 36.5 Å². The van der Waals surface area contributed by atoms with Crippen LogP contribution in [-0.2, 0) is 13.1 Å². The Morgan fingerprint density at radius 1 is 1.10 bits per heavy atom. The molecule has 0 amide bonds. The van der Waals surface area contributed by atoms with E-state index >= 15 is 0 Å². The van der Waals surface area contributed by atoms with Crippen LogP contribution in [-0.4, -0.2) is 44.5 Å². The second-order valence-corrected chi connectivity index (χ2v) is 6.10. The highest BCUT2D eigenvalue weighted by atomic mass is 19.4. The predicted octanol–water partition coefficient (Wildman–Crippen LogP) is 3.30. The third kappa shape index (κ3) is 7.34. The first-order chi connectivity index (χ1) is 14.4. The summed E-state index contributed by atoms with van der Waals surface area (Å²) in [5, 5.41) is 6.26. The Labute approximate surface area is 173 Å². The van der Waals surface area contributed by atoms with E-state index in [0.29, 0.717) is 36.1 Å². The van der Waals surface area contributed by atoms with Gasteiger partial charge in [0.15, 0.2) is 12.6 Å². The van der Waals surface area contributed by atoms with Crippen molar-refractivity contribution in [3.8, 4) is 17.4 Å². The third-order valence-electron chi connectivity index (χ3n) is 3.91. The van der Waals surface area contributed by atoms with E-state index in [1.807, 2.05) is 19.1 Å². The minimum atomic E-state index is -4.44. The van der Waals surface area contributed by atoms with Gasteiger partial charge in [0.25, 0.3) is 0 Å². The highest BCUT2D eigenvalue weighted by molar-refractivity contribution is 5.79. The summed E-state index contributed by atoms with van der Waals surface area (Å²) in [6.07, 6.45) is -3.07. The molecule has 0 atom stereocenters. The number of hydrogen-bond acceptors (Lipinski definition) is 5. The molecule has 164 valence electrons. The number of guanidine groups is 1. The van der Waals surface area contributed by atoms with Crippen LogP contribution in [0.25, 0.3) is 0 Å². The summed E-state index contributed by atoms with van der Waals surface area (Å²) < 4.78 is 52.7. The van der Waals surface area contributed by atoms with E-state index in [1.165, 1.54) is 6.20 Å². The van der Waals surface area contributed by atoms with Gasteiger partial charge in [-0.2, -0.15) is 13.2 Å². The fourth-order valence-corrected chi connectivity index (χ4v) is 2.51. The fourth-order valence-electron chi connectivity index (χ4n) is 2.51. The molecule has 0 aliphatic rings. The van der Waals surface area contributed by atoms with E-state index in [4.69, 9.17) is 14.2 Å². The van der Waals surface area contributed by atoms with E-state index < -0.39 is 12.8 Å². The number of nitrogens with zero attached hydrogens (tertiary/aromatic N) is 2. The Kier molecular flexibility index (Phi) is 8.57. The fraction of sp³-hybridized carbons (Fsp3) is 0.400. The zero-order valence-corrected chi connectivity index (χ0v) is 17.0. The van der Waals surface area contributed by atoms with E-state index in [1.54, 1.807) is 32.4 Å². The van der Waals surface area contributed by atoms with Crippen LogP contribution in [0.15, 0.2) is 41.5 Å². The lowest BCUT2D eigenvalue weighted by atomic mass is 10.2. The number of halogens is 3. The Morgan fingerprint density at radius 2 is 1.90 bits per heavy atom. The number of aliphatic imine (C=N–C) groups is 1. The quantitative estimate of drug-likeness (QED) is 0.473. The smallest absolute Gasteiger partial charge is 0.422 e. The molecule has 0 fully saturated rings. The van der Waals surface area contributed by atoms with Gasteiger partial charge in [0.2, 0.25) is 5.88 Å². The Balaban J connectivity index is 2.08. The zero-order chi connectivity index (χ0) is 22.0. The molecule has 0 bridgehead atoms. The van der Waals surface area contributed by atoms with E-state index in [9.17, 15) is 13.2 Å². The number of aromatic nitrogens is 1. The molecule has 0 spiro atoms. The number of ether oxygens (including phenoxy) is 3. The van der Waals surface area contributed by atoms with Crippen molar-refractivity contribution in [2.45, 2.75) is 26.2 Å². The number of hydrogen-bond donors (Lipinski definition) is 2. The van der Waals surface area contributed by atoms with Gasteiger partial charge in [0.05, 0.1) is 20.8 Å². The highest BCUT2D eigenvalue weighted by Crippen LogP contribution is 2.24. The summed E-state index contributed by atoms with van der Waals surface area (Å²) in [6, 6.07) is 8.72. The second kappa shape index (κ2) is 11.1. The van der Waals surface area contributed by atoms with Crippen LogP contribution < -0.4 is 24.8 Å². The monoisotopic (exact) mass is 426 g/mol. The lowest BCUT2D eigenvalue weighted by Gasteiger charge is -2.15. The minimum absolute atomic E-state index is 0.0914. The predicted molar refractivity (Wildman–Crippen MR) is 107 cm³/mol. The van der Waals surface area contributed by atoms with Gasteiger partial charge in [-0.15, -0.1) is 0 Å². The molecular weight excluding hydrogens is 401 g/mol. The number of methoxy groups -OCH3 is 2. The molecule has 0 saturated heterocycles. The number of rotatable bonds is 9. The lowest BCUT2D eigenvalue weighted by Crippen LogP contribution is -2.36. The third-order valence-corrected chi connectivity index (χ3v) is 3.91. The van der Waals surface area contributed by atoms with E-state index in [0.717, 1.165) is 5.56 Å². The average Bonchev–Trinajstić information content (AvgIpc) is 2.74. The number of pyridine rings is 1. The van der Waals surface area contributed by atoms with Gasteiger partial charge in [-0.1, -0.05) is 6.07 Å². The first kappa shape index (κ1) is 23.1. The largest absolute Gasteiger partial charge is 0.497 e. The van der Waals surface area contributed by atoms with Crippen molar-refractivity contribution in [3.63, 3.8) is 0 Å². The summed E-state index contributed by atoms with van der Waals surface area (Å²) in [5.41, 5.74) is 1.33. The summed E-state index contributed by atoms with van der Waals surface area (Å²) in [7, 11) is 3.15. The molecule has 7 nitrogen and oxygen atoms in total. The molecule has 1 aromatic carbocycles. The molecule has 0 saturated carbocycles. The Bertz CT molecular complexity index is 844. The molecule has 0 unspecified atom stereocenters.